The molecule has 4 aromatic rings. The normalized spacial score (nSPS) is 20.2. The number of nitriles is 1. The highest BCUT2D eigenvalue weighted by atomic mass is 32.1. The van der Waals surface area contributed by atoms with Gasteiger partial charge < -0.3 is 9.47 Å². The number of halogens is 4. The van der Waals surface area contributed by atoms with Crippen LogP contribution in [0.4, 0.5) is 27.4 Å². The molecule has 2 N–H and O–H groups in total. The van der Waals surface area contributed by atoms with E-state index >= 15 is 8.78 Å². The molecule has 2 aliphatic heterocycles. The molecule has 44 heavy (non-hydrogen) atoms. The van der Waals surface area contributed by atoms with Gasteiger partial charge in [-0.05, 0) is 57.9 Å². The lowest BCUT2D eigenvalue weighted by molar-refractivity contribution is 0.0636. The number of benzene rings is 2. The molecule has 2 fully saturated rings. The standard InChI is InChI=1S/C30H27F4N5O4S/c1-29(2,3)43-28(41)38-26-17(11-35)20-15(5-6-18(32)24(20)44-26)21-19(33)9-16-23(22(21)34)36-27(37-25(16)40)42-13-30-7-4-8-39(30)12-14(31)10-30/h5-6,9,14H,4,7-8,10,12-13H2,1-3H3,(H,38,41)(H,36,37,40)/t14-,30+/m1/s1. The molecule has 2 aliphatic rings. The Labute approximate surface area is 252 Å². The van der Waals surface area contributed by atoms with Crippen LogP contribution < -0.4 is 15.6 Å². The van der Waals surface area contributed by atoms with E-state index in [1.54, 1.807) is 20.8 Å². The molecule has 4 heterocycles. The molecular weight excluding hydrogens is 602 g/mol. The first kappa shape index (κ1) is 29.8. The molecule has 0 bridgehead atoms. The molecule has 0 saturated carbocycles. The van der Waals surface area contributed by atoms with Crippen molar-refractivity contribution in [3.05, 3.63) is 51.6 Å². The topological polar surface area (TPSA) is 120 Å². The fourth-order valence-corrected chi connectivity index (χ4v) is 7.19. The third kappa shape index (κ3) is 5.13. The molecule has 2 atom stereocenters. The summed E-state index contributed by atoms with van der Waals surface area (Å²) in [7, 11) is 0. The van der Waals surface area contributed by atoms with E-state index in [2.05, 4.69) is 15.3 Å². The number of amides is 1. The highest BCUT2D eigenvalue weighted by molar-refractivity contribution is 7.23. The number of nitrogens with one attached hydrogen (secondary N) is 2. The summed E-state index contributed by atoms with van der Waals surface area (Å²) in [5, 5.41) is 11.8. The van der Waals surface area contributed by atoms with Crippen molar-refractivity contribution in [3.63, 3.8) is 0 Å². The zero-order valence-electron chi connectivity index (χ0n) is 23.9. The number of alkyl halides is 1. The number of anilines is 1. The Bertz CT molecular complexity index is 1930. The number of hydrogen-bond acceptors (Lipinski definition) is 8. The highest BCUT2D eigenvalue weighted by Gasteiger charge is 2.49. The van der Waals surface area contributed by atoms with E-state index in [4.69, 9.17) is 9.47 Å². The molecule has 2 saturated heterocycles. The fourth-order valence-electron chi connectivity index (χ4n) is 6.12. The van der Waals surface area contributed by atoms with Gasteiger partial charge in [0, 0.05) is 18.4 Å². The second kappa shape index (κ2) is 10.7. The summed E-state index contributed by atoms with van der Waals surface area (Å²) < 4.78 is 71.8. The van der Waals surface area contributed by atoms with Gasteiger partial charge in [0.2, 0.25) is 0 Å². The smallest absolute Gasteiger partial charge is 0.412 e. The zero-order valence-corrected chi connectivity index (χ0v) is 24.8. The number of aromatic amines is 1. The van der Waals surface area contributed by atoms with Gasteiger partial charge in [0.1, 0.15) is 46.6 Å². The lowest BCUT2D eigenvalue weighted by Crippen LogP contribution is -2.43. The Kier molecular flexibility index (Phi) is 7.28. The van der Waals surface area contributed by atoms with Crippen LogP contribution in [0.1, 0.15) is 45.6 Å². The summed E-state index contributed by atoms with van der Waals surface area (Å²) in [4.78, 5) is 33.8. The minimum atomic E-state index is -1.23. The molecule has 0 unspecified atom stereocenters. The number of thiophene rings is 1. The fraction of sp³-hybridized carbons (Fsp3) is 0.400. The van der Waals surface area contributed by atoms with E-state index in [1.807, 2.05) is 11.0 Å². The maximum absolute atomic E-state index is 16.2. The number of ether oxygens (including phenoxy) is 2. The predicted octanol–water partition coefficient (Wildman–Crippen LogP) is 6.40. The lowest BCUT2D eigenvalue weighted by atomic mass is 9.95. The van der Waals surface area contributed by atoms with Gasteiger partial charge in [0.25, 0.3) is 11.6 Å². The van der Waals surface area contributed by atoms with Crippen LogP contribution in [-0.2, 0) is 4.74 Å². The van der Waals surface area contributed by atoms with Crippen LogP contribution in [0.15, 0.2) is 23.0 Å². The molecule has 0 aliphatic carbocycles. The summed E-state index contributed by atoms with van der Waals surface area (Å²) in [6, 6.07) is 4.48. The number of aromatic nitrogens is 2. The predicted molar refractivity (Wildman–Crippen MR) is 156 cm³/mol. The number of carbonyl (C=O) groups excluding carboxylic acids is 1. The second-order valence-corrected chi connectivity index (χ2v) is 13.0. The summed E-state index contributed by atoms with van der Waals surface area (Å²) >= 11 is 0.709. The molecular formula is C30H27F4N5O4S. The molecule has 9 nitrogen and oxygen atoms in total. The van der Waals surface area contributed by atoms with E-state index < -0.39 is 62.9 Å². The second-order valence-electron chi connectivity index (χ2n) is 12.0. The Morgan fingerprint density at radius 1 is 1.30 bits per heavy atom. The first-order valence-corrected chi connectivity index (χ1v) is 14.7. The van der Waals surface area contributed by atoms with Gasteiger partial charge in [-0.15, -0.1) is 11.3 Å². The maximum Gasteiger partial charge on any atom is 0.412 e. The average Bonchev–Trinajstić information content (AvgIpc) is 3.58. The van der Waals surface area contributed by atoms with E-state index in [1.165, 1.54) is 0 Å². The van der Waals surface area contributed by atoms with Gasteiger partial charge in [-0.3, -0.25) is 20.0 Å². The Balaban J connectivity index is 1.44. The third-order valence-corrected chi connectivity index (χ3v) is 9.01. The van der Waals surface area contributed by atoms with Gasteiger partial charge in [-0.1, -0.05) is 6.07 Å². The Hall–Kier alpha value is -4.22. The van der Waals surface area contributed by atoms with Crippen LogP contribution in [0.3, 0.4) is 0 Å². The van der Waals surface area contributed by atoms with Crippen molar-refractivity contribution in [2.75, 3.05) is 25.0 Å². The first-order chi connectivity index (χ1) is 20.8. The minimum absolute atomic E-state index is 0.0178. The van der Waals surface area contributed by atoms with Gasteiger partial charge >= 0.3 is 6.09 Å². The largest absolute Gasteiger partial charge is 0.463 e. The van der Waals surface area contributed by atoms with E-state index in [-0.39, 0.29) is 51.8 Å². The van der Waals surface area contributed by atoms with E-state index in [0.29, 0.717) is 17.8 Å². The number of carbonyl (C=O) groups is 1. The van der Waals surface area contributed by atoms with Gasteiger partial charge in [0.15, 0.2) is 5.82 Å². The number of H-pyrrole nitrogens is 1. The van der Waals surface area contributed by atoms with Crippen molar-refractivity contribution in [3.8, 4) is 23.2 Å². The summed E-state index contributed by atoms with van der Waals surface area (Å²) in [5.74, 6) is -3.16. The van der Waals surface area contributed by atoms with Crippen LogP contribution >= 0.6 is 11.3 Å². The SMILES string of the molecule is CC(C)(C)OC(=O)Nc1sc2c(F)ccc(-c3c(F)cc4c(=O)[nH]c(OC[C@@]56CCCN5C[C@H](F)C6)nc4c3F)c2c1C#N. The summed E-state index contributed by atoms with van der Waals surface area (Å²) in [6.45, 7) is 5.94. The van der Waals surface area contributed by atoms with Crippen LogP contribution in [0.2, 0.25) is 0 Å². The van der Waals surface area contributed by atoms with Crippen molar-refractivity contribution in [2.45, 2.75) is 57.3 Å². The van der Waals surface area contributed by atoms with E-state index in [0.717, 1.165) is 31.2 Å². The molecule has 230 valence electrons. The molecule has 2 aromatic carbocycles. The van der Waals surface area contributed by atoms with Gasteiger partial charge in [0.05, 0.1) is 26.8 Å². The summed E-state index contributed by atoms with van der Waals surface area (Å²) in [5.41, 5.74) is -3.85. The van der Waals surface area contributed by atoms with Gasteiger partial charge in [-0.2, -0.15) is 10.2 Å². The quantitative estimate of drug-likeness (QED) is 0.245. The molecule has 14 heteroatoms. The number of rotatable bonds is 5. The zero-order chi connectivity index (χ0) is 31.6. The summed E-state index contributed by atoms with van der Waals surface area (Å²) in [6.07, 6.45) is -0.0809. The molecule has 1 amide bonds. The molecule has 0 spiro atoms. The third-order valence-electron chi connectivity index (χ3n) is 7.90. The van der Waals surface area contributed by atoms with Crippen LogP contribution in [-0.4, -0.2) is 58.0 Å². The molecule has 6 rings (SSSR count). The molecule has 2 aromatic heterocycles. The number of hydrogen-bond donors (Lipinski definition) is 2. The lowest BCUT2D eigenvalue weighted by Gasteiger charge is -2.30. The van der Waals surface area contributed by atoms with Crippen molar-refractivity contribution >= 4 is 43.4 Å². The molecule has 0 radical (unpaired) electrons. The van der Waals surface area contributed by atoms with Crippen molar-refractivity contribution < 1.29 is 31.8 Å². The van der Waals surface area contributed by atoms with Crippen LogP contribution in [0.5, 0.6) is 6.01 Å². The van der Waals surface area contributed by atoms with Crippen molar-refractivity contribution in [1.82, 2.24) is 14.9 Å². The Morgan fingerprint density at radius 2 is 2.07 bits per heavy atom. The maximum atomic E-state index is 16.2. The van der Waals surface area contributed by atoms with E-state index in [9.17, 15) is 23.6 Å². The van der Waals surface area contributed by atoms with Crippen LogP contribution in [0.25, 0.3) is 32.1 Å². The average molecular weight is 630 g/mol. The number of nitrogens with zero attached hydrogens (tertiary/aromatic N) is 3. The highest BCUT2D eigenvalue weighted by Crippen LogP contribution is 2.44. The first-order valence-electron chi connectivity index (χ1n) is 13.9. The van der Waals surface area contributed by atoms with Crippen molar-refractivity contribution in [2.24, 2.45) is 0 Å². The number of fused-ring (bicyclic) bond motifs is 3. The minimum Gasteiger partial charge on any atom is -0.463 e. The monoisotopic (exact) mass is 629 g/mol. The van der Waals surface area contributed by atoms with Crippen LogP contribution in [0, 0.1) is 28.8 Å². The van der Waals surface area contributed by atoms with Gasteiger partial charge in [-0.25, -0.2) is 22.4 Å². The van der Waals surface area contributed by atoms with Crippen molar-refractivity contribution in [1.29, 1.82) is 5.26 Å². The Morgan fingerprint density at radius 3 is 2.80 bits per heavy atom.